The van der Waals surface area contributed by atoms with E-state index in [0.717, 1.165) is 21.7 Å². The lowest BCUT2D eigenvalue weighted by molar-refractivity contribution is -0.114. The van der Waals surface area contributed by atoms with E-state index >= 15 is 0 Å². The lowest BCUT2D eigenvalue weighted by Crippen LogP contribution is -2.38. The van der Waals surface area contributed by atoms with E-state index < -0.39 is 28.3 Å². The fourth-order valence-corrected chi connectivity index (χ4v) is 5.07. The van der Waals surface area contributed by atoms with Crippen LogP contribution in [0.5, 0.6) is 5.75 Å². The molecule has 1 N–H and O–H groups in total. The predicted octanol–water partition coefficient (Wildman–Crippen LogP) is 3.73. The smallest absolute Gasteiger partial charge is 0.274 e. The van der Waals surface area contributed by atoms with Crippen molar-refractivity contribution in [2.45, 2.75) is 4.21 Å². The van der Waals surface area contributed by atoms with Gasteiger partial charge < -0.3 is 10.1 Å². The predicted molar refractivity (Wildman–Crippen MR) is 107 cm³/mol. The first-order valence-electron chi connectivity index (χ1n) is 8.17. The molecule has 3 aromatic rings. The van der Waals surface area contributed by atoms with E-state index in [2.05, 4.69) is 5.32 Å². The van der Waals surface area contributed by atoms with E-state index in [4.69, 9.17) is 4.74 Å². The minimum Gasteiger partial charge on any atom is -0.495 e. The van der Waals surface area contributed by atoms with Crippen LogP contribution in [0.2, 0.25) is 0 Å². The van der Waals surface area contributed by atoms with Gasteiger partial charge >= 0.3 is 0 Å². The number of hydrogen-bond acceptors (Lipinski definition) is 5. The van der Waals surface area contributed by atoms with Gasteiger partial charge in [0.1, 0.15) is 22.3 Å². The van der Waals surface area contributed by atoms with Crippen molar-refractivity contribution in [2.24, 2.45) is 0 Å². The number of thiophene rings is 1. The molecule has 2 aromatic carbocycles. The highest BCUT2D eigenvalue weighted by Gasteiger charge is 2.30. The van der Waals surface area contributed by atoms with Crippen LogP contribution in [0.1, 0.15) is 0 Å². The second-order valence-corrected chi connectivity index (χ2v) is 8.68. The number of sulfonamides is 1. The summed E-state index contributed by atoms with van der Waals surface area (Å²) >= 11 is 0.992. The number of methoxy groups -OCH3 is 1. The van der Waals surface area contributed by atoms with Crippen LogP contribution in [0.15, 0.2) is 70.3 Å². The molecule has 0 aliphatic rings. The zero-order valence-electron chi connectivity index (χ0n) is 14.8. The maximum absolute atomic E-state index is 14.4. The molecule has 0 fully saturated rings. The number of rotatable bonds is 7. The highest BCUT2D eigenvalue weighted by atomic mass is 32.2. The van der Waals surface area contributed by atoms with E-state index in [9.17, 15) is 17.6 Å². The van der Waals surface area contributed by atoms with Gasteiger partial charge in [-0.2, -0.15) is 0 Å². The molecule has 6 nitrogen and oxygen atoms in total. The number of hydrogen-bond donors (Lipinski definition) is 1. The minimum absolute atomic E-state index is 0.0147. The monoisotopic (exact) mass is 420 g/mol. The zero-order valence-corrected chi connectivity index (χ0v) is 16.5. The molecule has 3 rings (SSSR count). The van der Waals surface area contributed by atoms with Crippen LogP contribution < -0.4 is 14.4 Å². The largest absolute Gasteiger partial charge is 0.495 e. The summed E-state index contributed by atoms with van der Waals surface area (Å²) in [5.41, 5.74) is 0.183. The summed E-state index contributed by atoms with van der Waals surface area (Å²) in [6, 6.07) is 15.1. The molecule has 0 saturated heterocycles. The molecule has 9 heteroatoms. The lowest BCUT2D eigenvalue weighted by atomic mass is 10.3. The fraction of sp³-hybridized carbons (Fsp3) is 0.105. The van der Waals surface area contributed by atoms with Gasteiger partial charge in [0.05, 0.1) is 18.5 Å². The summed E-state index contributed by atoms with van der Waals surface area (Å²) in [5, 5.41) is 4.21. The fourth-order valence-electron chi connectivity index (χ4n) is 2.54. The van der Waals surface area contributed by atoms with Crippen molar-refractivity contribution in [2.75, 3.05) is 23.3 Å². The van der Waals surface area contributed by atoms with Crippen molar-refractivity contribution in [1.82, 2.24) is 0 Å². The Morgan fingerprint density at radius 3 is 2.50 bits per heavy atom. The summed E-state index contributed by atoms with van der Waals surface area (Å²) in [6.07, 6.45) is 0. The van der Waals surface area contributed by atoms with E-state index in [1.54, 1.807) is 35.7 Å². The number of halogens is 1. The number of amides is 1. The van der Waals surface area contributed by atoms with Gasteiger partial charge in [0, 0.05) is 0 Å². The van der Waals surface area contributed by atoms with Gasteiger partial charge in [0.25, 0.3) is 10.0 Å². The van der Waals surface area contributed by atoms with Crippen LogP contribution in [0, 0.1) is 5.82 Å². The van der Waals surface area contributed by atoms with Crippen molar-refractivity contribution in [3.63, 3.8) is 0 Å². The molecule has 1 amide bonds. The Balaban J connectivity index is 1.94. The van der Waals surface area contributed by atoms with Crippen LogP contribution in [-0.2, 0) is 14.8 Å². The quantitative estimate of drug-likeness (QED) is 0.632. The third kappa shape index (κ3) is 4.15. The molecule has 1 heterocycles. The molecular formula is C19H17FN2O4S2. The number of carbonyl (C=O) groups excluding carboxylic acids is 1. The van der Waals surface area contributed by atoms with Gasteiger partial charge in [-0.15, -0.1) is 11.3 Å². The first-order valence-corrected chi connectivity index (χ1v) is 10.5. The van der Waals surface area contributed by atoms with Crippen molar-refractivity contribution in [3.8, 4) is 5.75 Å². The summed E-state index contributed by atoms with van der Waals surface area (Å²) in [5.74, 6) is -0.949. The standard InChI is InChI=1S/C19H17FN2O4S2/c1-26-17-10-5-3-8-15(17)21-18(23)13-22(16-9-4-2-7-14(16)20)28(24,25)19-11-6-12-27-19/h2-12H,13H2,1H3,(H,21,23). The normalized spacial score (nSPS) is 11.1. The van der Waals surface area contributed by atoms with Crippen LogP contribution >= 0.6 is 11.3 Å². The Kier molecular flexibility index (Phi) is 5.96. The number of carbonyl (C=O) groups is 1. The first kappa shape index (κ1) is 19.8. The van der Waals surface area contributed by atoms with Crippen molar-refractivity contribution < 1.29 is 22.3 Å². The highest BCUT2D eigenvalue weighted by Crippen LogP contribution is 2.29. The Hall–Kier alpha value is -2.91. The first-order chi connectivity index (χ1) is 13.4. The molecule has 0 radical (unpaired) electrons. The molecule has 0 saturated carbocycles. The molecule has 0 aliphatic heterocycles. The maximum atomic E-state index is 14.4. The van der Waals surface area contributed by atoms with Crippen LogP contribution in [0.4, 0.5) is 15.8 Å². The summed E-state index contributed by atoms with van der Waals surface area (Å²) in [7, 11) is -2.66. The maximum Gasteiger partial charge on any atom is 0.274 e. The Morgan fingerprint density at radius 1 is 1.11 bits per heavy atom. The molecule has 28 heavy (non-hydrogen) atoms. The summed E-state index contributed by atoms with van der Waals surface area (Å²) in [4.78, 5) is 12.6. The van der Waals surface area contributed by atoms with E-state index in [1.165, 1.54) is 31.4 Å². The summed E-state index contributed by atoms with van der Waals surface area (Å²) in [6.45, 7) is -0.598. The van der Waals surface area contributed by atoms with Crippen molar-refractivity contribution in [3.05, 3.63) is 71.9 Å². The van der Waals surface area contributed by atoms with Gasteiger partial charge in [0.15, 0.2) is 0 Å². The number of para-hydroxylation sites is 3. The van der Waals surface area contributed by atoms with Crippen molar-refractivity contribution >= 4 is 38.6 Å². The molecule has 146 valence electrons. The van der Waals surface area contributed by atoms with Gasteiger partial charge in [-0.3, -0.25) is 9.10 Å². The second kappa shape index (κ2) is 8.41. The SMILES string of the molecule is COc1ccccc1NC(=O)CN(c1ccccc1F)S(=O)(=O)c1cccs1. The lowest BCUT2D eigenvalue weighted by Gasteiger charge is -2.23. The topological polar surface area (TPSA) is 75.7 Å². The zero-order chi connectivity index (χ0) is 20.1. The Bertz CT molecular complexity index is 1070. The number of anilines is 2. The minimum atomic E-state index is -4.12. The second-order valence-electron chi connectivity index (χ2n) is 5.64. The van der Waals surface area contributed by atoms with Gasteiger partial charge in [-0.1, -0.05) is 30.3 Å². The Labute approximate surface area is 166 Å². The third-order valence-electron chi connectivity index (χ3n) is 3.83. The highest BCUT2D eigenvalue weighted by molar-refractivity contribution is 7.94. The summed E-state index contributed by atoms with van der Waals surface area (Å²) < 4.78 is 46.4. The molecule has 0 spiro atoms. The third-order valence-corrected chi connectivity index (χ3v) is 6.96. The average Bonchev–Trinajstić information content (AvgIpc) is 3.23. The number of nitrogens with one attached hydrogen (secondary N) is 1. The van der Waals surface area contributed by atoms with Gasteiger partial charge in [-0.25, -0.2) is 12.8 Å². The van der Waals surface area contributed by atoms with E-state index in [0.29, 0.717) is 11.4 Å². The molecule has 0 unspecified atom stereocenters. The van der Waals surface area contributed by atoms with Crippen LogP contribution in [0.3, 0.4) is 0 Å². The molecule has 1 aromatic heterocycles. The van der Waals surface area contributed by atoms with Crippen molar-refractivity contribution in [1.29, 1.82) is 0 Å². The number of ether oxygens (including phenoxy) is 1. The Morgan fingerprint density at radius 2 is 1.82 bits per heavy atom. The average molecular weight is 420 g/mol. The number of nitrogens with zero attached hydrogens (tertiary/aromatic N) is 1. The van der Waals surface area contributed by atoms with Crippen LogP contribution in [-0.4, -0.2) is 28.0 Å². The molecule has 0 aliphatic carbocycles. The molecule has 0 atom stereocenters. The van der Waals surface area contributed by atoms with Gasteiger partial charge in [0.2, 0.25) is 5.91 Å². The number of benzene rings is 2. The van der Waals surface area contributed by atoms with Gasteiger partial charge in [-0.05, 0) is 35.7 Å². The van der Waals surface area contributed by atoms with Crippen LogP contribution in [0.25, 0.3) is 0 Å². The molecule has 0 bridgehead atoms. The molecular weight excluding hydrogens is 403 g/mol. The van der Waals surface area contributed by atoms with E-state index in [-0.39, 0.29) is 9.90 Å². The van der Waals surface area contributed by atoms with E-state index in [1.807, 2.05) is 0 Å².